The van der Waals surface area contributed by atoms with Crippen molar-refractivity contribution in [2.45, 2.75) is 87.9 Å². The molecule has 186 valence electrons. The molecule has 1 saturated heterocycles. The number of allylic oxidation sites excluding steroid dienone is 1. The molecule has 35 heavy (non-hydrogen) atoms. The van der Waals surface area contributed by atoms with Crippen molar-refractivity contribution < 1.29 is 13.2 Å². The predicted octanol–water partition coefficient (Wildman–Crippen LogP) is 5.78. The van der Waals surface area contributed by atoms with Crippen LogP contribution in [-0.4, -0.2) is 36.9 Å². The van der Waals surface area contributed by atoms with Crippen LogP contribution < -0.4 is 4.72 Å². The Morgan fingerprint density at radius 2 is 1.97 bits per heavy atom. The van der Waals surface area contributed by atoms with Crippen molar-refractivity contribution in [2.24, 2.45) is 5.92 Å². The number of ether oxygens (including phenoxy) is 1. The summed E-state index contributed by atoms with van der Waals surface area (Å²) in [6.07, 6.45) is 19.0. The van der Waals surface area contributed by atoms with Crippen molar-refractivity contribution in [1.82, 2.24) is 9.71 Å². The highest BCUT2D eigenvalue weighted by Gasteiger charge is 2.59. The number of fused-ring (bicyclic) bond motifs is 1. The van der Waals surface area contributed by atoms with Crippen LogP contribution in [0.2, 0.25) is 0 Å². The molecule has 2 aliphatic heterocycles. The fourth-order valence-electron chi connectivity index (χ4n) is 7.34. The van der Waals surface area contributed by atoms with Gasteiger partial charge < -0.3 is 4.74 Å². The lowest BCUT2D eigenvalue weighted by atomic mass is 9.74. The fraction of sp³-hybridized carbons (Fsp3) is 0.552. The third-order valence-electron chi connectivity index (χ3n) is 9.16. The Labute approximate surface area is 209 Å². The number of benzene rings is 1. The monoisotopic (exact) mass is 492 g/mol. The Balaban J connectivity index is 1.27. The first-order valence-electron chi connectivity index (χ1n) is 13.2. The maximum Gasteiger partial charge on any atom is 0.208 e. The highest BCUT2D eigenvalue weighted by atomic mass is 32.2. The number of nitrogens with one attached hydrogen (secondary N) is 1. The molecule has 2 aromatic rings. The second-order valence-corrected chi connectivity index (χ2v) is 13.2. The SMILES string of the molecule is C[C@H]1CCC(c2ccc3ccncc3c2)CC/C=C2/C=C3CCC(NS(C)(=O)=O)C[C@]34CC[C@@]21O4. The third kappa shape index (κ3) is 4.17. The number of sulfonamides is 1. The van der Waals surface area contributed by atoms with E-state index in [1.54, 1.807) is 0 Å². The van der Waals surface area contributed by atoms with Crippen LogP contribution in [0.15, 0.2) is 60.0 Å². The molecule has 2 bridgehead atoms. The van der Waals surface area contributed by atoms with Gasteiger partial charge in [-0.15, -0.1) is 0 Å². The van der Waals surface area contributed by atoms with Crippen LogP contribution in [0.5, 0.6) is 0 Å². The highest BCUT2D eigenvalue weighted by Crippen LogP contribution is 2.59. The van der Waals surface area contributed by atoms with Crippen LogP contribution in [0.1, 0.15) is 76.2 Å². The maximum atomic E-state index is 11.9. The first kappa shape index (κ1) is 23.4. The zero-order valence-corrected chi connectivity index (χ0v) is 21.6. The van der Waals surface area contributed by atoms with E-state index in [4.69, 9.17) is 4.74 Å². The summed E-state index contributed by atoms with van der Waals surface area (Å²) < 4.78 is 33.8. The Morgan fingerprint density at radius 3 is 2.83 bits per heavy atom. The van der Waals surface area contributed by atoms with Gasteiger partial charge in [0.25, 0.3) is 0 Å². The van der Waals surface area contributed by atoms with Gasteiger partial charge in [-0.3, -0.25) is 4.98 Å². The van der Waals surface area contributed by atoms with Gasteiger partial charge >= 0.3 is 0 Å². The molecular formula is C29H36N2O3S. The molecule has 4 aliphatic rings. The molecule has 1 aromatic heterocycles. The van der Waals surface area contributed by atoms with Crippen LogP contribution in [0.25, 0.3) is 10.8 Å². The van der Waals surface area contributed by atoms with Crippen molar-refractivity contribution >= 4 is 20.8 Å². The molecule has 5 nitrogen and oxygen atoms in total. The highest BCUT2D eigenvalue weighted by molar-refractivity contribution is 7.88. The predicted molar refractivity (Wildman–Crippen MR) is 140 cm³/mol. The second kappa shape index (κ2) is 8.53. The first-order valence-corrected chi connectivity index (χ1v) is 15.1. The molecule has 2 aliphatic carbocycles. The molecule has 0 radical (unpaired) electrons. The topological polar surface area (TPSA) is 68.3 Å². The van der Waals surface area contributed by atoms with Crippen molar-refractivity contribution in [3.05, 3.63) is 65.5 Å². The minimum absolute atomic E-state index is 0.0405. The molecule has 6 heteroatoms. The quantitative estimate of drug-likeness (QED) is 0.589. The standard InChI is InChI=1S/C29H36N2O3S/c1-20-6-7-21(23-9-8-22-12-15-30-19-24(22)16-23)4-3-5-26-17-25-10-11-27(31-35(2,32)33)18-28(25)13-14-29(20,26)34-28/h5,8-9,12,15-17,19-21,27,31H,3-4,6-7,10-11,13-14,18H2,1-2H3/b26-5-/t20-,21?,27?,28+,29-/m0/s1. The smallest absolute Gasteiger partial charge is 0.208 e. The zero-order valence-electron chi connectivity index (χ0n) is 20.8. The number of rotatable bonds is 3. The molecule has 5 atom stereocenters. The summed E-state index contributed by atoms with van der Waals surface area (Å²) in [5, 5.41) is 2.46. The molecule has 2 spiro atoms. The molecule has 1 saturated carbocycles. The molecule has 1 N–H and O–H groups in total. The largest absolute Gasteiger partial charge is 0.359 e. The summed E-state index contributed by atoms with van der Waals surface area (Å²) in [6.45, 7) is 2.37. The molecule has 3 heterocycles. The fourth-order valence-corrected chi connectivity index (χ4v) is 8.15. The molecular weight excluding hydrogens is 456 g/mol. The minimum atomic E-state index is -3.22. The van der Waals surface area contributed by atoms with E-state index in [0.29, 0.717) is 11.8 Å². The lowest BCUT2D eigenvalue weighted by Crippen LogP contribution is -2.51. The van der Waals surface area contributed by atoms with Crippen LogP contribution in [0, 0.1) is 5.92 Å². The summed E-state index contributed by atoms with van der Waals surface area (Å²) in [4.78, 5) is 4.32. The van der Waals surface area contributed by atoms with Crippen molar-refractivity contribution in [2.75, 3.05) is 6.26 Å². The molecule has 0 amide bonds. The van der Waals surface area contributed by atoms with Gasteiger partial charge in [0.2, 0.25) is 10.0 Å². The van der Waals surface area contributed by atoms with Gasteiger partial charge in [-0.2, -0.15) is 0 Å². The van der Waals surface area contributed by atoms with E-state index in [-0.39, 0.29) is 17.2 Å². The number of hydrogen-bond donors (Lipinski definition) is 1. The third-order valence-corrected chi connectivity index (χ3v) is 9.92. The maximum absolute atomic E-state index is 11.9. The summed E-state index contributed by atoms with van der Waals surface area (Å²) in [7, 11) is -3.22. The van der Waals surface area contributed by atoms with Crippen LogP contribution in [-0.2, 0) is 14.8 Å². The van der Waals surface area contributed by atoms with Crippen LogP contribution in [0.3, 0.4) is 0 Å². The number of nitrogens with zero attached hydrogens (tertiary/aromatic N) is 1. The van der Waals surface area contributed by atoms with Crippen LogP contribution >= 0.6 is 0 Å². The van der Waals surface area contributed by atoms with E-state index in [1.807, 2.05) is 12.4 Å². The van der Waals surface area contributed by atoms with E-state index in [9.17, 15) is 8.42 Å². The van der Waals surface area contributed by atoms with E-state index in [0.717, 1.165) is 57.8 Å². The van der Waals surface area contributed by atoms with Crippen molar-refractivity contribution in [1.29, 1.82) is 0 Å². The van der Waals surface area contributed by atoms with Gasteiger partial charge in [-0.1, -0.05) is 31.2 Å². The Kier molecular flexibility index (Phi) is 5.70. The van der Waals surface area contributed by atoms with E-state index in [1.165, 1.54) is 33.7 Å². The molecule has 2 unspecified atom stereocenters. The molecule has 1 aromatic carbocycles. The van der Waals surface area contributed by atoms with Crippen molar-refractivity contribution in [3.8, 4) is 0 Å². The van der Waals surface area contributed by atoms with E-state index < -0.39 is 10.0 Å². The zero-order chi connectivity index (χ0) is 24.3. The summed E-state index contributed by atoms with van der Waals surface area (Å²) in [5.74, 6) is 0.945. The van der Waals surface area contributed by atoms with Gasteiger partial charge in [-0.05, 0) is 104 Å². The van der Waals surface area contributed by atoms with Crippen LogP contribution in [0.4, 0.5) is 0 Å². The van der Waals surface area contributed by atoms with E-state index >= 15 is 0 Å². The number of hydrogen-bond acceptors (Lipinski definition) is 4. The lowest BCUT2D eigenvalue weighted by molar-refractivity contribution is -0.110. The summed E-state index contributed by atoms with van der Waals surface area (Å²) >= 11 is 0. The Hall–Kier alpha value is -2.02. The normalized spacial score (nSPS) is 36.7. The summed E-state index contributed by atoms with van der Waals surface area (Å²) in [5.41, 5.74) is 3.65. The van der Waals surface area contributed by atoms with Gasteiger partial charge in [0.15, 0.2) is 0 Å². The molecule has 2 fully saturated rings. The minimum Gasteiger partial charge on any atom is -0.359 e. The second-order valence-electron chi connectivity index (χ2n) is 11.4. The lowest BCUT2D eigenvalue weighted by Gasteiger charge is -2.48. The average molecular weight is 493 g/mol. The number of aromatic nitrogens is 1. The van der Waals surface area contributed by atoms with E-state index in [2.05, 4.69) is 53.0 Å². The number of pyridine rings is 1. The van der Waals surface area contributed by atoms with Gasteiger partial charge in [0, 0.05) is 23.8 Å². The van der Waals surface area contributed by atoms with Gasteiger partial charge in [0.05, 0.1) is 17.5 Å². The van der Waals surface area contributed by atoms with Gasteiger partial charge in [-0.25, -0.2) is 13.1 Å². The van der Waals surface area contributed by atoms with Crippen molar-refractivity contribution in [3.63, 3.8) is 0 Å². The summed E-state index contributed by atoms with van der Waals surface area (Å²) in [6, 6.07) is 8.91. The Bertz CT molecular complexity index is 1320. The molecule has 6 rings (SSSR count). The first-order chi connectivity index (χ1) is 16.8. The van der Waals surface area contributed by atoms with Gasteiger partial charge in [0.1, 0.15) is 0 Å². The Morgan fingerprint density at radius 1 is 1.09 bits per heavy atom. The average Bonchev–Trinajstić information content (AvgIpc) is 3.17.